The van der Waals surface area contributed by atoms with Gasteiger partial charge in [0.1, 0.15) is 5.82 Å². The Bertz CT molecular complexity index is 355. The molecule has 1 aromatic carbocycles. The first-order valence-corrected chi connectivity index (χ1v) is 6.12. The summed E-state index contributed by atoms with van der Waals surface area (Å²) in [5.41, 5.74) is 1.17. The summed E-state index contributed by atoms with van der Waals surface area (Å²) >= 11 is 0. The van der Waals surface area contributed by atoms with Crippen molar-refractivity contribution in [2.45, 2.75) is 12.5 Å². The Labute approximate surface area is 102 Å². The van der Waals surface area contributed by atoms with Crippen LogP contribution in [0.1, 0.15) is 18.0 Å². The number of piperazine rings is 1. The van der Waals surface area contributed by atoms with Gasteiger partial charge in [-0.2, -0.15) is 0 Å². The fraction of sp³-hybridized carbons (Fsp3) is 0.429. The van der Waals surface area contributed by atoms with Crippen molar-refractivity contribution >= 4 is 0 Å². The topological polar surface area (TPSA) is 15.3 Å². The maximum Gasteiger partial charge on any atom is 0.123 e. The summed E-state index contributed by atoms with van der Waals surface area (Å²) in [6.45, 7) is 7.94. The normalized spacial score (nSPS) is 18.9. The van der Waals surface area contributed by atoms with Gasteiger partial charge in [0, 0.05) is 32.2 Å². The highest BCUT2D eigenvalue weighted by molar-refractivity contribution is 5.21. The van der Waals surface area contributed by atoms with E-state index in [1.54, 1.807) is 0 Å². The zero-order valence-corrected chi connectivity index (χ0v) is 10.0. The molecule has 0 radical (unpaired) electrons. The molecule has 0 aromatic heterocycles. The van der Waals surface area contributed by atoms with Crippen LogP contribution in [0.2, 0.25) is 0 Å². The van der Waals surface area contributed by atoms with E-state index in [2.05, 4.69) is 16.8 Å². The summed E-state index contributed by atoms with van der Waals surface area (Å²) in [5.74, 6) is -0.175. The zero-order valence-electron chi connectivity index (χ0n) is 10.0. The van der Waals surface area contributed by atoms with Gasteiger partial charge in [-0.1, -0.05) is 18.2 Å². The van der Waals surface area contributed by atoms with Gasteiger partial charge in [-0.15, -0.1) is 6.58 Å². The molecule has 2 rings (SSSR count). The van der Waals surface area contributed by atoms with E-state index in [9.17, 15) is 4.39 Å². The van der Waals surface area contributed by atoms with E-state index in [0.29, 0.717) is 6.04 Å². The summed E-state index contributed by atoms with van der Waals surface area (Å²) in [4.78, 5) is 2.44. The Hall–Kier alpha value is -1.19. The van der Waals surface area contributed by atoms with Gasteiger partial charge in [-0.05, 0) is 24.1 Å². The van der Waals surface area contributed by atoms with E-state index in [1.807, 2.05) is 18.2 Å². The smallest absolute Gasteiger partial charge is 0.123 e. The van der Waals surface area contributed by atoms with Gasteiger partial charge >= 0.3 is 0 Å². The first-order valence-electron chi connectivity index (χ1n) is 6.12. The van der Waals surface area contributed by atoms with Crippen LogP contribution in [-0.2, 0) is 0 Å². The number of nitrogens with zero attached hydrogens (tertiary/aromatic N) is 1. The predicted molar refractivity (Wildman–Crippen MR) is 68.4 cm³/mol. The van der Waals surface area contributed by atoms with Gasteiger partial charge in [0.25, 0.3) is 0 Å². The first-order chi connectivity index (χ1) is 8.31. The summed E-state index contributed by atoms with van der Waals surface area (Å²) in [7, 11) is 0. The maximum absolute atomic E-state index is 12.9. The van der Waals surface area contributed by atoms with Gasteiger partial charge in [0.2, 0.25) is 0 Å². The van der Waals surface area contributed by atoms with Crippen molar-refractivity contribution in [2.24, 2.45) is 0 Å². The van der Waals surface area contributed by atoms with Crippen LogP contribution in [0, 0.1) is 5.82 Å². The molecule has 0 bridgehead atoms. The molecule has 1 saturated heterocycles. The van der Waals surface area contributed by atoms with E-state index in [4.69, 9.17) is 0 Å². The average Bonchev–Trinajstić information content (AvgIpc) is 2.38. The fourth-order valence-corrected chi connectivity index (χ4v) is 2.33. The van der Waals surface area contributed by atoms with Crippen LogP contribution in [0.5, 0.6) is 0 Å². The molecule has 3 heteroatoms. The highest BCUT2D eigenvalue weighted by Gasteiger charge is 2.20. The monoisotopic (exact) mass is 234 g/mol. The Morgan fingerprint density at radius 1 is 1.29 bits per heavy atom. The highest BCUT2D eigenvalue weighted by Crippen LogP contribution is 2.25. The molecule has 1 N–H and O–H groups in total. The van der Waals surface area contributed by atoms with Crippen molar-refractivity contribution in [1.82, 2.24) is 10.2 Å². The van der Waals surface area contributed by atoms with Gasteiger partial charge in [-0.25, -0.2) is 4.39 Å². The van der Waals surface area contributed by atoms with Crippen LogP contribution in [-0.4, -0.2) is 31.1 Å². The van der Waals surface area contributed by atoms with E-state index < -0.39 is 0 Å². The lowest BCUT2D eigenvalue weighted by Gasteiger charge is -2.34. The van der Waals surface area contributed by atoms with Crippen LogP contribution in [0.4, 0.5) is 4.39 Å². The highest BCUT2D eigenvalue weighted by atomic mass is 19.1. The van der Waals surface area contributed by atoms with Crippen molar-refractivity contribution in [2.75, 3.05) is 26.2 Å². The fourth-order valence-electron chi connectivity index (χ4n) is 2.33. The van der Waals surface area contributed by atoms with Crippen LogP contribution < -0.4 is 5.32 Å². The van der Waals surface area contributed by atoms with Gasteiger partial charge in [-0.3, -0.25) is 4.90 Å². The summed E-state index contributed by atoms with van der Waals surface area (Å²) in [6.07, 6.45) is 2.85. The Morgan fingerprint density at radius 2 is 1.94 bits per heavy atom. The molecule has 0 amide bonds. The number of halogens is 1. The number of nitrogens with one attached hydrogen (secondary N) is 1. The molecule has 17 heavy (non-hydrogen) atoms. The third kappa shape index (κ3) is 3.14. The largest absolute Gasteiger partial charge is 0.314 e. The Balaban J connectivity index is 2.15. The lowest BCUT2D eigenvalue weighted by Crippen LogP contribution is -2.45. The quantitative estimate of drug-likeness (QED) is 0.804. The predicted octanol–water partition coefficient (Wildman–Crippen LogP) is 2.35. The first kappa shape index (κ1) is 12.3. The molecule has 0 aliphatic carbocycles. The van der Waals surface area contributed by atoms with Crippen molar-refractivity contribution in [3.63, 3.8) is 0 Å². The average molecular weight is 234 g/mol. The Kier molecular flexibility index (Phi) is 4.29. The molecule has 92 valence electrons. The molecule has 0 spiro atoms. The number of rotatable bonds is 4. The number of hydrogen-bond acceptors (Lipinski definition) is 2. The second kappa shape index (κ2) is 5.94. The van der Waals surface area contributed by atoms with Crippen LogP contribution in [0.25, 0.3) is 0 Å². The lowest BCUT2D eigenvalue weighted by atomic mass is 10.0. The lowest BCUT2D eigenvalue weighted by molar-refractivity contribution is 0.174. The second-order valence-electron chi connectivity index (χ2n) is 4.38. The van der Waals surface area contributed by atoms with E-state index >= 15 is 0 Å². The van der Waals surface area contributed by atoms with Crippen LogP contribution in [0.15, 0.2) is 36.9 Å². The molecule has 1 aliphatic heterocycles. The molecule has 1 aromatic rings. The van der Waals surface area contributed by atoms with Gasteiger partial charge in [0.15, 0.2) is 0 Å². The van der Waals surface area contributed by atoms with E-state index in [1.165, 1.54) is 17.7 Å². The van der Waals surface area contributed by atoms with Crippen molar-refractivity contribution in [3.8, 4) is 0 Å². The molecule has 0 saturated carbocycles. The standard InChI is InChI=1S/C14H19FN2/c1-2-3-14(17-10-8-16-9-11-17)12-4-6-13(15)7-5-12/h2,4-7,14,16H,1,3,8-11H2/t14-/m1/s1. The van der Waals surface area contributed by atoms with Crippen molar-refractivity contribution in [3.05, 3.63) is 48.3 Å². The molecule has 1 fully saturated rings. The molecular formula is C14H19FN2. The SMILES string of the molecule is C=CC[C@H](c1ccc(F)cc1)N1CCNCC1. The minimum absolute atomic E-state index is 0.175. The number of hydrogen-bond donors (Lipinski definition) is 1. The van der Waals surface area contributed by atoms with Gasteiger partial charge in [0.05, 0.1) is 0 Å². The minimum Gasteiger partial charge on any atom is -0.314 e. The minimum atomic E-state index is -0.175. The van der Waals surface area contributed by atoms with Crippen LogP contribution in [0.3, 0.4) is 0 Å². The molecule has 1 aliphatic rings. The second-order valence-corrected chi connectivity index (χ2v) is 4.38. The molecule has 2 nitrogen and oxygen atoms in total. The summed E-state index contributed by atoms with van der Waals surface area (Å²) < 4.78 is 12.9. The zero-order chi connectivity index (χ0) is 12.1. The third-order valence-electron chi connectivity index (χ3n) is 3.24. The summed E-state index contributed by atoms with van der Waals surface area (Å²) in [6, 6.07) is 7.16. The summed E-state index contributed by atoms with van der Waals surface area (Å²) in [5, 5.41) is 3.34. The molecule has 1 heterocycles. The molecule has 0 unspecified atom stereocenters. The van der Waals surface area contributed by atoms with Crippen molar-refractivity contribution in [1.29, 1.82) is 0 Å². The van der Waals surface area contributed by atoms with E-state index in [0.717, 1.165) is 32.6 Å². The third-order valence-corrected chi connectivity index (χ3v) is 3.24. The van der Waals surface area contributed by atoms with Gasteiger partial charge < -0.3 is 5.32 Å². The van der Waals surface area contributed by atoms with E-state index in [-0.39, 0.29) is 5.82 Å². The molecule has 1 atom stereocenters. The Morgan fingerprint density at radius 3 is 2.53 bits per heavy atom. The van der Waals surface area contributed by atoms with Crippen LogP contribution >= 0.6 is 0 Å². The number of benzene rings is 1. The molecular weight excluding hydrogens is 215 g/mol. The maximum atomic E-state index is 12.9. The van der Waals surface area contributed by atoms with Crippen molar-refractivity contribution < 1.29 is 4.39 Å².